The van der Waals surface area contributed by atoms with E-state index in [1.807, 2.05) is 49.4 Å². The van der Waals surface area contributed by atoms with Gasteiger partial charge in [0, 0.05) is 13.1 Å². The van der Waals surface area contributed by atoms with Crippen molar-refractivity contribution in [2.45, 2.75) is 19.8 Å². The van der Waals surface area contributed by atoms with Crippen molar-refractivity contribution in [3.05, 3.63) is 89.0 Å². The van der Waals surface area contributed by atoms with E-state index in [-0.39, 0.29) is 0 Å². The quantitative estimate of drug-likeness (QED) is 0.621. The molecule has 27 heavy (non-hydrogen) atoms. The van der Waals surface area contributed by atoms with Gasteiger partial charge in [0.25, 0.3) is 0 Å². The van der Waals surface area contributed by atoms with Crippen LogP contribution in [0.5, 0.6) is 0 Å². The predicted molar refractivity (Wildman–Crippen MR) is 111 cm³/mol. The summed E-state index contributed by atoms with van der Waals surface area (Å²) in [5, 5.41) is 16.2. The molecule has 3 aromatic rings. The average Bonchev–Trinajstić information content (AvgIpc) is 2.69. The smallest absolute Gasteiger partial charge is 0.146 e. The van der Waals surface area contributed by atoms with Crippen LogP contribution in [0.15, 0.2) is 66.7 Å². The fourth-order valence-electron chi connectivity index (χ4n) is 2.98. The van der Waals surface area contributed by atoms with E-state index in [0.29, 0.717) is 11.4 Å². The van der Waals surface area contributed by atoms with Gasteiger partial charge in [-0.2, -0.15) is 5.26 Å². The van der Waals surface area contributed by atoms with E-state index in [9.17, 15) is 5.26 Å². The van der Waals surface area contributed by atoms with Crippen molar-refractivity contribution in [2.75, 3.05) is 23.7 Å². The number of pyridine rings is 1. The summed E-state index contributed by atoms with van der Waals surface area (Å²) in [6, 6.07) is 24.9. The lowest BCUT2D eigenvalue weighted by Gasteiger charge is -2.13. The summed E-state index contributed by atoms with van der Waals surface area (Å²) in [5.41, 5.74) is 4.09. The van der Waals surface area contributed by atoms with Gasteiger partial charge in [0.1, 0.15) is 17.7 Å². The first kappa shape index (κ1) is 18.5. The summed E-state index contributed by atoms with van der Waals surface area (Å²) >= 11 is 0. The number of aryl methyl sites for hydroxylation is 1. The molecule has 0 saturated carbocycles. The molecule has 1 heterocycles. The molecule has 0 saturated heterocycles. The number of nitrogens with zero attached hydrogens (tertiary/aromatic N) is 2. The Balaban J connectivity index is 1.62. The Morgan fingerprint density at radius 3 is 1.96 bits per heavy atom. The van der Waals surface area contributed by atoms with E-state index >= 15 is 0 Å². The summed E-state index contributed by atoms with van der Waals surface area (Å²) in [5.74, 6) is 1.44. The molecule has 2 aromatic carbocycles. The number of hydrogen-bond acceptors (Lipinski definition) is 4. The van der Waals surface area contributed by atoms with Gasteiger partial charge in [0.15, 0.2) is 0 Å². The van der Waals surface area contributed by atoms with Crippen molar-refractivity contribution in [3.63, 3.8) is 0 Å². The van der Waals surface area contributed by atoms with Gasteiger partial charge in [-0.3, -0.25) is 0 Å². The highest BCUT2D eigenvalue weighted by Crippen LogP contribution is 2.20. The van der Waals surface area contributed by atoms with Gasteiger partial charge in [0.2, 0.25) is 0 Å². The van der Waals surface area contributed by atoms with Crippen molar-refractivity contribution >= 4 is 11.6 Å². The molecule has 0 atom stereocenters. The van der Waals surface area contributed by atoms with Gasteiger partial charge in [0.05, 0.1) is 5.56 Å². The summed E-state index contributed by atoms with van der Waals surface area (Å²) < 4.78 is 0. The van der Waals surface area contributed by atoms with Crippen molar-refractivity contribution < 1.29 is 0 Å². The zero-order chi connectivity index (χ0) is 18.9. The lowest BCUT2D eigenvalue weighted by atomic mass is 10.1. The molecule has 0 unspecified atom stereocenters. The number of benzene rings is 2. The molecule has 0 aliphatic rings. The Labute approximate surface area is 160 Å². The second-order valence-corrected chi connectivity index (χ2v) is 6.48. The third kappa shape index (κ3) is 5.32. The van der Waals surface area contributed by atoms with E-state index in [2.05, 4.69) is 46.0 Å². The molecule has 0 bridgehead atoms. The van der Waals surface area contributed by atoms with E-state index in [4.69, 9.17) is 0 Å². The summed E-state index contributed by atoms with van der Waals surface area (Å²) in [6.45, 7) is 3.48. The van der Waals surface area contributed by atoms with Crippen LogP contribution < -0.4 is 10.6 Å². The summed E-state index contributed by atoms with van der Waals surface area (Å²) in [4.78, 5) is 4.62. The fraction of sp³-hybridized carbons (Fsp3) is 0.217. The number of anilines is 2. The average molecular weight is 356 g/mol. The summed E-state index contributed by atoms with van der Waals surface area (Å²) in [7, 11) is 0. The highest BCUT2D eigenvalue weighted by molar-refractivity contribution is 5.60. The van der Waals surface area contributed by atoms with Crippen molar-refractivity contribution in [3.8, 4) is 6.07 Å². The predicted octanol–water partition coefficient (Wildman–Crippen LogP) is 4.57. The first-order valence-electron chi connectivity index (χ1n) is 9.23. The lowest BCUT2D eigenvalue weighted by Crippen LogP contribution is -2.12. The van der Waals surface area contributed by atoms with Crippen LogP contribution in [0.2, 0.25) is 0 Å². The Bertz CT molecular complexity index is 899. The molecule has 3 rings (SSSR count). The third-order valence-corrected chi connectivity index (χ3v) is 4.44. The second kappa shape index (κ2) is 9.40. The van der Waals surface area contributed by atoms with Crippen LogP contribution in [-0.4, -0.2) is 18.1 Å². The maximum Gasteiger partial charge on any atom is 0.146 e. The van der Waals surface area contributed by atoms with E-state index in [1.165, 1.54) is 11.1 Å². The van der Waals surface area contributed by atoms with Crippen LogP contribution in [0.1, 0.15) is 22.3 Å². The summed E-state index contributed by atoms with van der Waals surface area (Å²) in [6.07, 6.45) is 1.82. The molecule has 0 aliphatic heterocycles. The van der Waals surface area contributed by atoms with Crippen LogP contribution >= 0.6 is 0 Å². The standard InChI is InChI=1S/C23H24N4/c1-18-16-22(25-14-12-19-8-4-2-5-9-19)27-23(21(18)17-24)26-15-13-20-10-6-3-7-11-20/h2-11,16H,12-15H2,1H3,(H2,25,26,27). The molecule has 0 spiro atoms. The minimum atomic E-state index is 0.608. The molecule has 4 heteroatoms. The van der Waals surface area contributed by atoms with Gasteiger partial charge >= 0.3 is 0 Å². The highest BCUT2D eigenvalue weighted by atomic mass is 15.1. The zero-order valence-electron chi connectivity index (χ0n) is 15.6. The molecule has 0 radical (unpaired) electrons. The van der Waals surface area contributed by atoms with Crippen LogP contribution in [0.3, 0.4) is 0 Å². The molecule has 0 aliphatic carbocycles. The molecule has 4 nitrogen and oxygen atoms in total. The van der Waals surface area contributed by atoms with Crippen LogP contribution in [-0.2, 0) is 12.8 Å². The number of aromatic nitrogens is 1. The first-order valence-corrected chi connectivity index (χ1v) is 9.23. The third-order valence-electron chi connectivity index (χ3n) is 4.44. The Hall–Kier alpha value is -3.32. The number of nitriles is 1. The van der Waals surface area contributed by atoms with Crippen LogP contribution in [0.25, 0.3) is 0 Å². The Morgan fingerprint density at radius 1 is 0.852 bits per heavy atom. The normalized spacial score (nSPS) is 10.2. The minimum absolute atomic E-state index is 0.608. The van der Waals surface area contributed by atoms with Crippen LogP contribution in [0, 0.1) is 18.3 Å². The van der Waals surface area contributed by atoms with E-state index < -0.39 is 0 Å². The SMILES string of the molecule is Cc1cc(NCCc2ccccc2)nc(NCCc2ccccc2)c1C#N. The number of nitrogens with one attached hydrogen (secondary N) is 2. The monoisotopic (exact) mass is 356 g/mol. The minimum Gasteiger partial charge on any atom is -0.370 e. The van der Waals surface area contributed by atoms with Gasteiger partial charge in [-0.1, -0.05) is 60.7 Å². The molecular formula is C23H24N4. The maximum absolute atomic E-state index is 9.48. The number of rotatable bonds is 8. The Morgan fingerprint density at radius 2 is 1.41 bits per heavy atom. The largest absolute Gasteiger partial charge is 0.370 e. The van der Waals surface area contributed by atoms with Gasteiger partial charge in [-0.25, -0.2) is 4.98 Å². The molecule has 1 aromatic heterocycles. The van der Waals surface area contributed by atoms with Gasteiger partial charge < -0.3 is 10.6 Å². The molecule has 0 amide bonds. The molecule has 2 N–H and O–H groups in total. The van der Waals surface area contributed by atoms with Gasteiger partial charge in [-0.05, 0) is 42.5 Å². The first-order chi connectivity index (χ1) is 13.3. The lowest BCUT2D eigenvalue weighted by molar-refractivity contribution is 0.986. The van der Waals surface area contributed by atoms with Crippen molar-refractivity contribution in [1.82, 2.24) is 4.98 Å². The van der Waals surface area contributed by atoms with Gasteiger partial charge in [-0.15, -0.1) is 0 Å². The molecule has 136 valence electrons. The van der Waals surface area contributed by atoms with Crippen molar-refractivity contribution in [1.29, 1.82) is 5.26 Å². The maximum atomic E-state index is 9.48. The fourth-order valence-corrected chi connectivity index (χ4v) is 2.98. The highest BCUT2D eigenvalue weighted by Gasteiger charge is 2.09. The molecular weight excluding hydrogens is 332 g/mol. The number of hydrogen-bond donors (Lipinski definition) is 2. The topological polar surface area (TPSA) is 60.7 Å². The van der Waals surface area contributed by atoms with Crippen molar-refractivity contribution in [2.24, 2.45) is 0 Å². The molecule has 0 fully saturated rings. The zero-order valence-corrected chi connectivity index (χ0v) is 15.6. The van der Waals surface area contributed by atoms with E-state index in [1.54, 1.807) is 0 Å². The second-order valence-electron chi connectivity index (χ2n) is 6.48. The van der Waals surface area contributed by atoms with E-state index in [0.717, 1.165) is 37.3 Å². The van der Waals surface area contributed by atoms with Crippen LogP contribution in [0.4, 0.5) is 11.6 Å². The Kier molecular flexibility index (Phi) is 6.43.